The van der Waals surface area contributed by atoms with Crippen LogP contribution in [0.4, 0.5) is 5.69 Å². The Hall–Kier alpha value is -1.68. The lowest BCUT2D eigenvalue weighted by Crippen LogP contribution is -2.43. The molecule has 2 N–H and O–H groups in total. The number of anilines is 1. The second-order valence-electron chi connectivity index (χ2n) is 6.61. The molecule has 0 unspecified atom stereocenters. The number of nitrogens with zero attached hydrogens (tertiary/aromatic N) is 1. The molecule has 0 spiro atoms. The first-order chi connectivity index (χ1) is 12.2. The highest BCUT2D eigenvalue weighted by Gasteiger charge is 2.22. The van der Waals surface area contributed by atoms with Crippen molar-refractivity contribution in [2.24, 2.45) is 0 Å². The van der Waals surface area contributed by atoms with Crippen molar-refractivity contribution in [3.63, 3.8) is 0 Å². The molecular weight excluding hydrogens is 353 g/mol. The smallest absolute Gasteiger partial charge is 0.0595 e. The van der Waals surface area contributed by atoms with Crippen LogP contribution < -0.4 is 10.2 Å². The molecule has 0 radical (unpaired) electrons. The predicted molar refractivity (Wildman–Crippen MR) is 107 cm³/mol. The molecule has 3 aromatic rings. The number of H-pyrrole nitrogens is 1. The van der Waals surface area contributed by atoms with Crippen LogP contribution in [-0.2, 0) is 6.54 Å². The molecule has 1 fully saturated rings. The summed E-state index contributed by atoms with van der Waals surface area (Å²) >= 11 is 12.3. The summed E-state index contributed by atoms with van der Waals surface area (Å²) in [6.45, 7) is 2.96. The fourth-order valence-electron chi connectivity index (χ4n) is 3.60. The van der Waals surface area contributed by atoms with E-state index in [2.05, 4.69) is 45.5 Å². The Morgan fingerprint density at radius 2 is 1.80 bits per heavy atom. The first kappa shape index (κ1) is 16.8. The van der Waals surface area contributed by atoms with E-state index in [1.807, 2.05) is 18.3 Å². The van der Waals surface area contributed by atoms with Gasteiger partial charge in [0.15, 0.2) is 0 Å². The van der Waals surface area contributed by atoms with Crippen LogP contribution in [0, 0.1) is 0 Å². The predicted octanol–water partition coefficient (Wildman–Crippen LogP) is 5.23. The molecule has 1 aromatic heterocycles. The number of nitrogens with one attached hydrogen (secondary N) is 2. The van der Waals surface area contributed by atoms with Crippen LogP contribution in [0.5, 0.6) is 0 Å². The molecule has 3 nitrogen and oxygen atoms in total. The van der Waals surface area contributed by atoms with Crippen molar-refractivity contribution in [2.45, 2.75) is 25.4 Å². The van der Waals surface area contributed by atoms with E-state index in [9.17, 15) is 0 Å². The Balaban J connectivity index is 1.68. The van der Waals surface area contributed by atoms with E-state index in [-0.39, 0.29) is 0 Å². The van der Waals surface area contributed by atoms with Crippen molar-refractivity contribution >= 4 is 39.8 Å². The summed E-state index contributed by atoms with van der Waals surface area (Å²) < 4.78 is 0. The molecule has 25 heavy (non-hydrogen) atoms. The molecule has 2 aromatic carbocycles. The van der Waals surface area contributed by atoms with E-state index in [0.29, 0.717) is 16.1 Å². The standard InChI is InChI=1S/C20H21Cl2N3/c21-18-3-1-14(11-19(18)22)13-25(16-6-8-23-9-7-16)17-2-4-20-15(12-17)5-10-24-20/h1-5,10-12,16,23-24H,6-9,13H2. The molecule has 0 bridgehead atoms. The van der Waals surface area contributed by atoms with Gasteiger partial charge in [-0.2, -0.15) is 0 Å². The maximum atomic E-state index is 6.23. The van der Waals surface area contributed by atoms with Crippen molar-refractivity contribution in [3.05, 3.63) is 64.3 Å². The van der Waals surface area contributed by atoms with Crippen molar-refractivity contribution in [1.29, 1.82) is 0 Å². The van der Waals surface area contributed by atoms with Crippen LogP contribution in [-0.4, -0.2) is 24.1 Å². The van der Waals surface area contributed by atoms with Crippen LogP contribution in [0.2, 0.25) is 10.0 Å². The van der Waals surface area contributed by atoms with Crippen LogP contribution in [0.3, 0.4) is 0 Å². The monoisotopic (exact) mass is 373 g/mol. The van der Waals surface area contributed by atoms with Crippen molar-refractivity contribution < 1.29 is 0 Å². The molecular formula is C20H21Cl2N3. The Labute approximate surface area is 157 Å². The molecule has 1 aliphatic rings. The highest BCUT2D eigenvalue weighted by molar-refractivity contribution is 6.42. The third-order valence-electron chi connectivity index (χ3n) is 4.95. The zero-order valence-electron chi connectivity index (χ0n) is 13.9. The van der Waals surface area contributed by atoms with Crippen molar-refractivity contribution in [2.75, 3.05) is 18.0 Å². The van der Waals surface area contributed by atoms with E-state index in [1.165, 1.54) is 22.2 Å². The van der Waals surface area contributed by atoms with Crippen LogP contribution in [0.15, 0.2) is 48.7 Å². The van der Waals surface area contributed by atoms with Gasteiger partial charge in [-0.1, -0.05) is 29.3 Å². The van der Waals surface area contributed by atoms with Gasteiger partial charge < -0.3 is 15.2 Å². The Kier molecular flexibility index (Phi) is 4.89. The van der Waals surface area contributed by atoms with Crippen molar-refractivity contribution in [1.82, 2.24) is 10.3 Å². The number of aromatic amines is 1. The third kappa shape index (κ3) is 3.64. The van der Waals surface area contributed by atoms with Gasteiger partial charge in [-0.15, -0.1) is 0 Å². The minimum absolute atomic E-state index is 0.520. The van der Waals surface area contributed by atoms with Gasteiger partial charge in [-0.05, 0) is 67.9 Å². The fourth-order valence-corrected chi connectivity index (χ4v) is 3.92. The summed E-state index contributed by atoms with van der Waals surface area (Å²) in [7, 11) is 0. The van der Waals surface area contributed by atoms with Gasteiger partial charge in [-0.3, -0.25) is 0 Å². The van der Waals surface area contributed by atoms with Gasteiger partial charge in [0.05, 0.1) is 10.0 Å². The Morgan fingerprint density at radius 1 is 0.960 bits per heavy atom. The van der Waals surface area contributed by atoms with E-state index in [4.69, 9.17) is 23.2 Å². The summed E-state index contributed by atoms with van der Waals surface area (Å²) in [5.41, 5.74) is 3.61. The van der Waals surface area contributed by atoms with Gasteiger partial charge in [0, 0.05) is 35.4 Å². The zero-order valence-corrected chi connectivity index (χ0v) is 15.4. The average Bonchev–Trinajstić information content (AvgIpc) is 3.11. The summed E-state index contributed by atoms with van der Waals surface area (Å²) in [6, 6.07) is 15.2. The molecule has 0 atom stereocenters. The van der Waals surface area contributed by atoms with E-state index < -0.39 is 0 Å². The quantitative estimate of drug-likeness (QED) is 0.655. The second kappa shape index (κ2) is 7.28. The van der Waals surface area contributed by atoms with Gasteiger partial charge in [-0.25, -0.2) is 0 Å². The SMILES string of the molecule is Clc1ccc(CN(c2ccc3[nH]ccc3c2)C2CCNCC2)cc1Cl. The van der Waals surface area contributed by atoms with Crippen molar-refractivity contribution in [3.8, 4) is 0 Å². The van der Waals surface area contributed by atoms with Gasteiger partial charge >= 0.3 is 0 Å². The minimum Gasteiger partial charge on any atom is -0.364 e. The number of hydrogen-bond donors (Lipinski definition) is 2. The molecule has 1 aliphatic heterocycles. The molecule has 2 heterocycles. The van der Waals surface area contributed by atoms with Gasteiger partial charge in [0.25, 0.3) is 0 Å². The van der Waals surface area contributed by atoms with Gasteiger partial charge in [0.1, 0.15) is 0 Å². The first-order valence-electron chi connectivity index (χ1n) is 8.69. The Morgan fingerprint density at radius 3 is 2.60 bits per heavy atom. The summed E-state index contributed by atoms with van der Waals surface area (Å²) in [6.07, 6.45) is 4.28. The van der Waals surface area contributed by atoms with Crippen LogP contribution >= 0.6 is 23.2 Å². The lowest BCUT2D eigenvalue weighted by atomic mass is 10.0. The Bertz CT molecular complexity index is 868. The van der Waals surface area contributed by atoms with Crippen LogP contribution in [0.25, 0.3) is 10.9 Å². The molecule has 5 heteroatoms. The number of halogens is 2. The van der Waals surface area contributed by atoms with E-state index in [0.717, 1.165) is 32.5 Å². The largest absolute Gasteiger partial charge is 0.364 e. The number of aromatic nitrogens is 1. The number of rotatable bonds is 4. The fraction of sp³-hybridized carbons (Fsp3) is 0.300. The molecule has 0 saturated carbocycles. The normalized spacial score (nSPS) is 15.6. The molecule has 4 rings (SSSR count). The highest BCUT2D eigenvalue weighted by Crippen LogP contribution is 2.29. The average molecular weight is 374 g/mol. The topological polar surface area (TPSA) is 31.1 Å². The minimum atomic E-state index is 0.520. The third-order valence-corrected chi connectivity index (χ3v) is 5.69. The number of piperidine rings is 1. The van der Waals surface area contributed by atoms with Crippen LogP contribution in [0.1, 0.15) is 18.4 Å². The molecule has 0 amide bonds. The zero-order chi connectivity index (χ0) is 17.2. The first-order valence-corrected chi connectivity index (χ1v) is 9.45. The molecule has 0 aliphatic carbocycles. The lowest BCUT2D eigenvalue weighted by Gasteiger charge is -2.36. The molecule has 130 valence electrons. The maximum Gasteiger partial charge on any atom is 0.0595 e. The maximum absolute atomic E-state index is 6.23. The summed E-state index contributed by atoms with van der Waals surface area (Å²) in [5.74, 6) is 0. The van der Waals surface area contributed by atoms with Gasteiger partial charge in [0.2, 0.25) is 0 Å². The number of benzene rings is 2. The highest BCUT2D eigenvalue weighted by atomic mass is 35.5. The van der Waals surface area contributed by atoms with E-state index >= 15 is 0 Å². The number of fused-ring (bicyclic) bond motifs is 1. The molecule has 1 saturated heterocycles. The summed E-state index contributed by atoms with van der Waals surface area (Å²) in [5, 5.41) is 5.92. The second-order valence-corrected chi connectivity index (χ2v) is 7.42. The lowest BCUT2D eigenvalue weighted by molar-refractivity contribution is 0.428. The van der Waals surface area contributed by atoms with E-state index in [1.54, 1.807) is 0 Å². The number of hydrogen-bond acceptors (Lipinski definition) is 2. The summed E-state index contributed by atoms with van der Waals surface area (Å²) in [4.78, 5) is 5.77.